The predicted molar refractivity (Wildman–Crippen MR) is 82.6 cm³/mol. The van der Waals surface area contributed by atoms with Crippen LogP contribution in [0.15, 0.2) is 24.4 Å². The number of carbonyl (C=O) groups excluding carboxylic acids is 1. The van der Waals surface area contributed by atoms with Gasteiger partial charge in [-0.3, -0.25) is 4.79 Å². The van der Waals surface area contributed by atoms with Gasteiger partial charge in [-0.05, 0) is 43.5 Å². The number of hydrogen-bond donors (Lipinski definition) is 1. The first kappa shape index (κ1) is 17.4. The Hall–Kier alpha value is -2.38. The van der Waals surface area contributed by atoms with Gasteiger partial charge in [0.15, 0.2) is 0 Å². The molecule has 134 valence electrons. The molecule has 1 atom stereocenters. The monoisotopic (exact) mass is 355 g/mol. The fourth-order valence-corrected chi connectivity index (χ4v) is 3.11. The molecule has 1 aliphatic heterocycles. The summed E-state index contributed by atoms with van der Waals surface area (Å²) in [5, 5.41) is 0. The molecule has 1 aliphatic rings. The number of alkyl halides is 3. The molecule has 1 aromatic carbocycles. The highest BCUT2D eigenvalue weighted by Crippen LogP contribution is 2.31. The first-order chi connectivity index (χ1) is 11.8. The number of rotatable bonds is 2. The molecule has 0 saturated carbocycles. The molecule has 1 fully saturated rings. The maximum absolute atomic E-state index is 13.2. The van der Waals surface area contributed by atoms with Crippen molar-refractivity contribution in [3.8, 4) is 0 Å². The third-order valence-electron chi connectivity index (χ3n) is 4.42. The number of amides is 1. The van der Waals surface area contributed by atoms with Gasteiger partial charge in [0.2, 0.25) is 0 Å². The van der Waals surface area contributed by atoms with Crippen molar-refractivity contribution in [1.82, 2.24) is 14.9 Å². The van der Waals surface area contributed by atoms with Crippen molar-refractivity contribution in [3.63, 3.8) is 0 Å². The first-order valence-electron chi connectivity index (χ1n) is 7.93. The lowest BCUT2D eigenvalue weighted by Gasteiger charge is -2.32. The molecule has 1 amide bonds. The number of aromatic nitrogens is 2. The van der Waals surface area contributed by atoms with E-state index in [0.717, 1.165) is 6.20 Å². The Morgan fingerprint density at radius 2 is 2.12 bits per heavy atom. The summed E-state index contributed by atoms with van der Waals surface area (Å²) in [6.45, 7) is 2.44. The fraction of sp³-hybridized carbons (Fsp3) is 0.412. The molecule has 0 spiro atoms. The number of H-pyrrole nitrogens is 1. The maximum Gasteiger partial charge on any atom is 0.432 e. The lowest BCUT2D eigenvalue weighted by Crippen LogP contribution is -2.39. The zero-order chi connectivity index (χ0) is 18.2. The maximum atomic E-state index is 13.2. The molecule has 4 nitrogen and oxygen atoms in total. The van der Waals surface area contributed by atoms with Crippen molar-refractivity contribution < 1.29 is 22.4 Å². The molecule has 1 N–H and O–H groups in total. The Balaban J connectivity index is 1.77. The van der Waals surface area contributed by atoms with Crippen molar-refractivity contribution >= 4 is 5.91 Å². The van der Waals surface area contributed by atoms with E-state index in [2.05, 4.69) is 9.97 Å². The molecule has 3 rings (SSSR count). The Bertz CT molecular complexity index is 784. The van der Waals surface area contributed by atoms with E-state index < -0.39 is 17.7 Å². The van der Waals surface area contributed by atoms with E-state index in [1.54, 1.807) is 11.8 Å². The van der Waals surface area contributed by atoms with Crippen LogP contribution in [-0.2, 0) is 6.18 Å². The highest BCUT2D eigenvalue weighted by molar-refractivity contribution is 5.95. The molecule has 25 heavy (non-hydrogen) atoms. The van der Waals surface area contributed by atoms with Crippen LogP contribution in [0.1, 0.15) is 46.2 Å². The summed E-state index contributed by atoms with van der Waals surface area (Å²) in [6, 6.07) is 3.95. The average molecular weight is 355 g/mol. The normalized spacial score (nSPS) is 18.4. The largest absolute Gasteiger partial charge is 0.432 e. The van der Waals surface area contributed by atoms with Crippen LogP contribution >= 0.6 is 0 Å². The number of nitrogens with zero attached hydrogens (tertiary/aromatic N) is 2. The molecule has 0 aliphatic carbocycles. The predicted octanol–water partition coefficient (Wildman–Crippen LogP) is 3.90. The molecule has 0 bridgehead atoms. The van der Waals surface area contributed by atoms with Gasteiger partial charge in [-0.2, -0.15) is 13.2 Å². The summed E-state index contributed by atoms with van der Waals surface area (Å²) < 4.78 is 51.3. The molecule has 2 aromatic rings. The van der Waals surface area contributed by atoms with E-state index >= 15 is 0 Å². The summed E-state index contributed by atoms with van der Waals surface area (Å²) in [7, 11) is 0. The van der Waals surface area contributed by atoms with E-state index in [9.17, 15) is 22.4 Å². The topological polar surface area (TPSA) is 49.0 Å². The van der Waals surface area contributed by atoms with E-state index in [0.29, 0.717) is 30.5 Å². The summed E-state index contributed by atoms with van der Waals surface area (Å²) >= 11 is 0. The fourth-order valence-electron chi connectivity index (χ4n) is 3.11. The third kappa shape index (κ3) is 3.67. The minimum absolute atomic E-state index is 0.237. The quantitative estimate of drug-likeness (QED) is 0.831. The molecule has 8 heteroatoms. The Labute approximate surface area is 141 Å². The smallest absolute Gasteiger partial charge is 0.338 e. The summed E-state index contributed by atoms with van der Waals surface area (Å²) in [5.41, 5.74) is 0.0438. The van der Waals surface area contributed by atoms with Crippen LogP contribution in [0.2, 0.25) is 0 Å². The number of benzene rings is 1. The first-order valence-corrected chi connectivity index (χ1v) is 7.93. The number of halogens is 4. The standard InChI is InChI=1S/C17H17F4N3O/c1-10-7-12(18)4-5-13(10)16(25)24-6-2-3-11(9-24)15-22-8-14(23-15)17(19,20)21/h4-5,7-8,11H,2-3,6,9H2,1H3,(H,22,23)/t11-/m1/s1. The van der Waals surface area contributed by atoms with Gasteiger partial charge in [0, 0.05) is 24.6 Å². The van der Waals surface area contributed by atoms with Crippen molar-refractivity contribution in [2.75, 3.05) is 13.1 Å². The number of likely N-dealkylation sites (tertiary alicyclic amines) is 1. The van der Waals surface area contributed by atoms with E-state index in [-0.39, 0.29) is 24.2 Å². The highest BCUT2D eigenvalue weighted by Gasteiger charge is 2.35. The van der Waals surface area contributed by atoms with Gasteiger partial charge < -0.3 is 9.88 Å². The number of nitrogens with one attached hydrogen (secondary N) is 1. The second-order valence-corrected chi connectivity index (χ2v) is 6.23. The van der Waals surface area contributed by atoms with Gasteiger partial charge in [-0.15, -0.1) is 0 Å². The number of hydrogen-bond acceptors (Lipinski definition) is 2. The number of aryl methyl sites for hydroxylation is 1. The van der Waals surface area contributed by atoms with Crippen LogP contribution in [0.4, 0.5) is 17.6 Å². The SMILES string of the molecule is Cc1cc(F)ccc1C(=O)N1CCC[C@@H](c2ncc(C(F)(F)F)[nH]2)C1. The van der Waals surface area contributed by atoms with Gasteiger partial charge in [-0.25, -0.2) is 9.37 Å². The highest BCUT2D eigenvalue weighted by atomic mass is 19.4. The second kappa shape index (κ2) is 6.50. The number of piperidine rings is 1. The van der Waals surface area contributed by atoms with E-state index in [1.807, 2.05) is 0 Å². The van der Waals surface area contributed by atoms with Crippen LogP contribution in [-0.4, -0.2) is 33.9 Å². The Kier molecular flexibility index (Phi) is 4.53. The van der Waals surface area contributed by atoms with Crippen LogP contribution in [0.5, 0.6) is 0 Å². The second-order valence-electron chi connectivity index (χ2n) is 6.23. The van der Waals surface area contributed by atoms with Crippen LogP contribution in [0, 0.1) is 12.7 Å². The summed E-state index contributed by atoms with van der Waals surface area (Å²) in [5.74, 6) is -0.708. The molecule has 1 saturated heterocycles. The van der Waals surface area contributed by atoms with Gasteiger partial charge in [-0.1, -0.05) is 0 Å². The molecular weight excluding hydrogens is 338 g/mol. The lowest BCUT2D eigenvalue weighted by molar-refractivity contribution is -0.141. The van der Waals surface area contributed by atoms with Crippen molar-refractivity contribution in [2.24, 2.45) is 0 Å². The van der Waals surface area contributed by atoms with Crippen LogP contribution in [0.25, 0.3) is 0 Å². The van der Waals surface area contributed by atoms with Gasteiger partial charge in [0.05, 0.1) is 6.20 Å². The van der Waals surface area contributed by atoms with E-state index in [1.165, 1.54) is 18.2 Å². The van der Waals surface area contributed by atoms with Crippen LogP contribution < -0.4 is 0 Å². The van der Waals surface area contributed by atoms with Crippen molar-refractivity contribution in [2.45, 2.75) is 31.9 Å². The molecule has 0 unspecified atom stereocenters. The van der Waals surface area contributed by atoms with Gasteiger partial charge in [0.1, 0.15) is 17.3 Å². The Morgan fingerprint density at radius 1 is 1.36 bits per heavy atom. The van der Waals surface area contributed by atoms with Gasteiger partial charge >= 0.3 is 6.18 Å². The van der Waals surface area contributed by atoms with Crippen LogP contribution in [0.3, 0.4) is 0 Å². The molecule has 2 heterocycles. The third-order valence-corrected chi connectivity index (χ3v) is 4.42. The van der Waals surface area contributed by atoms with Crippen molar-refractivity contribution in [3.05, 3.63) is 52.9 Å². The Morgan fingerprint density at radius 3 is 2.76 bits per heavy atom. The average Bonchev–Trinajstić information content (AvgIpc) is 3.05. The molecule has 1 aromatic heterocycles. The minimum atomic E-state index is -4.47. The number of imidazole rings is 1. The lowest BCUT2D eigenvalue weighted by atomic mass is 9.96. The van der Waals surface area contributed by atoms with Crippen molar-refractivity contribution in [1.29, 1.82) is 0 Å². The number of aromatic amines is 1. The summed E-state index contributed by atoms with van der Waals surface area (Å²) in [4.78, 5) is 20.4. The zero-order valence-corrected chi connectivity index (χ0v) is 13.5. The van der Waals surface area contributed by atoms with E-state index in [4.69, 9.17) is 0 Å². The number of carbonyl (C=O) groups is 1. The summed E-state index contributed by atoms with van der Waals surface area (Å²) in [6.07, 6.45) is -2.38. The zero-order valence-electron chi connectivity index (χ0n) is 13.5. The van der Waals surface area contributed by atoms with Gasteiger partial charge in [0.25, 0.3) is 5.91 Å². The molecule has 0 radical (unpaired) electrons. The molecular formula is C17H17F4N3O. The minimum Gasteiger partial charge on any atom is -0.338 e.